The lowest BCUT2D eigenvalue weighted by Crippen LogP contribution is -2.28. The Kier molecular flexibility index (Phi) is 8.53. The highest BCUT2D eigenvalue weighted by molar-refractivity contribution is 6.26. The predicted octanol–water partition coefficient (Wildman–Crippen LogP) is 4.42. The highest BCUT2D eigenvalue weighted by Gasteiger charge is 2.31. The van der Waals surface area contributed by atoms with Crippen LogP contribution in [0.3, 0.4) is 0 Å². The standard InChI is InChI=1S/C25H25Cl2NO5/c1-16-20(24(30)19-7-5-3-4-6-18(19)23(16)29)15-33-25(31)17-8-9-21(22(14-17)32-2)28(12-10-26)13-11-27/h3-6,8-9,14H,7,10-13,15H2,1-2H3. The van der Waals surface area contributed by atoms with Crippen LogP contribution in [0.25, 0.3) is 0 Å². The molecule has 0 heterocycles. The second-order valence-electron chi connectivity index (χ2n) is 7.47. The third-order valence-electron chi connectivity index (χ3n) is 5.56. The smallest absolute Gasteiger partial charge is 0.338 e. The van der Waals surface area contributed by atoms with E-state index in [0.717, 1.165) is 5.69 Å². The number of rotatable bonds is 9. The van der Waals surface area contributed by atoms with Gasteiger partial charge in [0.05, 0.1) is 18.4 Å². The number of nitrogens with zero attached hydrogens (tertiary/aromatic N) is 1. The summed E-state index contributed by atoms with van der Waals surface area (Å²) in [6.45, 7) is 2.44. The van der Waals surface area contributed by atoms with Crippen molar-refractivity contribution in [2.75, 3.05) is 43.5 Å². The molecule has 3 rings (SSSR count). The lowest BCUT2D eigenvalue weighted by atomic mass is 9.84. The van der Waals surface area contributed by atoms with Gasteiger partial charge >= 0.3 is 5.97 Å². The molecule has 1 aromatic rings. The predicted molar refractivity (Wildman–Crippen MR) is 130 cm³/mol. The number of benzene rings is 1. The van der Waals surface area contributed by atoms with Crippen LogP contribution in [0.4, 0.5) is 5.69 Å². The minimum Gasteiger partial charge on any atom is -0.495 e. The molecule has 0 fully saturated rings. The minimum atomic E-state index is -0.623. The zero-order valence-corrected chi connectivity index (χ0v) is 20.0. The zero-order chi connectivity index (χ0) is 24.0. The van der Waals surface area contributed by atoms with E-state index < -0.39 is 5.97 Å². The molecule has 0 bridgehead atoms. The molecule has 8 heteroatoms. The number of halogens is 2. The number of anilines is 1. The first-order valence-electron chi connectivity index (χ1n) is 10.5. The summed E-state index contributed by atoms with van der Waals surface area (Å²) in [6.07, 6.45) is 7.37. The van der Waals surface area contributed by atoms with E-state index in [-0.39, 0.29) is 29.3 Å². The molecular weight excluding hydrogens is 465 g/mol. The Morgan fingerprint density at radius 3 is 2.48 bits per heavy atom. The SMILES string of the molecule is COc1cc(C(=O)OCC2=C(C)C(=O)C3=C(CC=CC=C3)C2=O)ccc1N(CCCl)CCCl. The van der Waals surface area contributed by atoms with Crippen molar-refractivity contribution in [2.45, 2.75) is 13.3 Å². The van der Waals surface area contributed by atoms with Crippen LogP contribution in [0.1, 0.15) is 23.7 Å². The van der Waals surface area contributed by atoms with E-state index in [4.69, 9.17) is 32.7 Å². The number of ether oxygens (including phenoxy) is 2. The molecular formula is C25H25Cl2NO5. The largest absolute Gasteiger partial charge is 0.495 e. The molecule has 0 spiro atoms. The Balaban J connectivity index is 1.77. The van der Waals surface area contributed by atoms with Crippen LogP contribution in [0.5, 0.6) is 5.75 Å². The molecule has 0 radical (unpaired) electrons. The van der Waals surface area contributed by atoms with Gasteiger partial charge in [0, 0.05) is 47.1 Å². The maximum absolute atomic E-state index is 13.0. The first-order chi connectivity index (χ1) is 15.9. The molecule has 0 aliphatic heterocycles. The number of ketones is 2. The third-order valence-corrected chi connectivity index (χ3v) is 5.89. The van der Waals surface area contributed by atoms with E-state index in [9.17, 15) is 14.4 Å². The molecule has 0 N–H and O–H groups in total. The number of carbonyl (C=O) groups is 3. The Labute approximate surface area is 203 Å². The summed E-state index contributed by atoms with van der Waals surface area (Å²) in [4.78, 5) is 40.4. The van der Waals surface area contributed by atoms with Gasteiger partial charge in [0.2, 0.25) is 0 Å². The van der Waals surface area contributed by atoms with Crippen LogP contribution in [0, 0.1) is 0 Å². The van der Waals surface area contributed by atoms with E-state index in [1.54, 1.807) is 43.4 Å². The third kappa shape index (κ3) is 5.40. The van der Waals surface area contributed by atoms with Crippen LogP contribution in [0.2, 0.25) is 0 Å². The maximum Gasteiger partial charge on any atom is 0.338 e. The van der Waals surface area contributed by atoms with Gasteiger partial charge in [-0.15, -0.1) is 23.2 Å². The van der Waals surface area contributed by atoms with Gasteiger partial charge < -0.3 is 14.4 Å². The van der Waals surface area contributed by atoms with Gasteiger partial charge in [0.15, 0.2) is 11.6 Å². The van der Waals surface area contributed by atoms with E-state index >= 15 is 0 Å². The molecule has 33 heavy (non-hydrogen) atoms. The summed E-state index contributed by atoms with van der Waals surface area (Å²) >= 11 is 11.8. The van der Waals surface area contributed by atoms with Crippen LogP contribution >= 0.6 is 23.2 Å². The van der Waals surface area contributed by atoms with Gasteiger partial charge in [-0.1, -0.05) is 24.3 Å². The topological polar surface area (TPSA) is 72.9 Å². The Morgan fingerprint density at radius 1 is 1.09 bits per heavy atom. The van der Waals surface area contributed by atoms with Crippen LogP contribution in [-0.4, -0.2) is 56.1 Å². The fourth-order valence-electron chi connectivity index (χ4n) is 3.76. The molecule has 0 atom stereocenters. The zero-order valence-electron chi connectivity index (χ0n) is 18.5. The normalized spacial score (nSPS) is 15.5. The number of carbonyl (C=O) groups excluding carboxylic acids is 3. The number of hydrogen-bond acceptors (Lipinski definition) is 6. The first kappa shape index (κ1) is 24.8. The van der Waals surface area contributed by atoms with Crippen LogP contribution < -0.4 is 9.64 Å². The number of alkyl halides is 2. The van der Waals surface area contributed by atoms with Crippen molar-refractivity contribution >= 4 is 46.4 Å². The Morgan fingerprint density at radius 2 is 1.82 bits per heavy atom. The van der Waals surface area contributed by atoms with Crippen LogP contribution in [-0.2, 0) is 14.3 Å². The number of esters is 1. The van der Waals surface area contributed by atoms with Crippen molar-refractivity contribution in [1.29, 1.82) is 0 Å². The molecule has 2 aliphatic carbocycles. The number of allylic oxidation sites excluding steroid dienone is 7. The van der Waals surface area contributed by atoms with E-state index in [1.807, 2.05) is 11.0 Å². The maximum atomic E-state index is 13.0. The van der Waals surface area contributed by atoms with E-state index in [0.29, 0.717) is 53.7 Å². The van der Waals surface area contributed by atoms with Crippen molar-refractivity contribution < 1.29 is 23.9 Å². The van der Waals surface area contributed by atoms with Crippen LogP contribution in [0.15, 0.2) is 64.8 Å². The summed E-state index contributed by atoms with van der Waals surface area (Å²) in [6, 6.07) is 4.94. The van der Waals surface area contributed by atoms with Gasteiger partial charge in [0.1, 0.15) is 12.4 Å². The summed E-state index contributed by atoms with van der Waals surface area (Å²) in [5, 5.41) is 0. The molecule has 2 aliphatic rings. The van der Waals surface area contributed by atoms with Crippen molar-refractivity contribution in [3.8, 4) is 5.75 Å². The fraction of sp³-hybridized carbons (Fsp3) is 0.320. The monoisotopic (exact) mass is 489 g/mol. The lowest BCUT2D eigenvalue weighted by Gasteiger charge is -2.25. The van der Waals surface area contributed by atoms with Crippen molar-refractivity contribution in [3.63, 3.8) is 0 Å². The summed E-state index contributed by atoms with van der Waals surface area (Å²) < 4.78 is 10.9. The molecule has 174 valence electrons. The van der Waals surface area contributed by atoms with Gasteiger partial charge in [-0.05, 0) is 31.5 Å². The highest BCUT2D eigenvalue weighted by atomic mass is 35.5. The molecule has 0 saturated carbocycles. The van der Waals surface area contributed by atoms with E-state index in [1.165, 1.54) is 7.11 Å². The Hall–Kier alpha value is -2.83. The number of hydrogen-bond donors (Lipinski definition) is 0. The molecule has 0 aromatic heterocycles. The van der Waals surface area contributed by atoms with Crippen molar-refractivity contribution in [2.24, 2.45) is 0 Å². The summed E-state index contributed by atoms with van der Waals surface area (Å²) in [7, 11) is 1.51. The van der Waals surface area contributed by atoms with Gasteiger partial charge in [-0.25, -0.2) is 4.79 Å². The summed E-state index contributed by atoms with van der Waals surface area (Å²) in [5.74, 6) is 0.189. The molecule has 0 unspecified atom stereocenters. The first-order valence-corrected chi connectivity index (χ1v) is 11.6. The molecule has 6 nitrogen and oxygen atoms in total. The number of methoxy groups -OCH3 is 1. The second-order valence-corrected chi connectivity index (χ2v) is 8.23. The highest BCUT2D eigenvalue weighted by Crippen LogP contribution is 2.31. The van der Waals surface area contributed by atoms with Gasteiger partial charge in [0.25, 0.3) is 0 Å². The molecule has 0 saturated heterocycles. The van der Waals surface area contributed by atoms with Crippen molar-refractivity contribution in [3.05, 3.63) is 70.4 Å². The van der Waals surface area contributed by atoms with Gasteiger partial charge in [-0.2, -0.15) is 0 Å². The molecule has 1 aromatic carbocycles. The second kappa shape index (κ2) is 11.3. The Bertz CT molecular complexity index is 1080. The van der Waals surface area contributed by atoms with E-state index in [2.05, 4.69) is 0 Å². The van der Waals surface area contributed by atoms with Gasteiger partial charge in [-0.3, -0.25) is 9.59 Å². The average Bonchev–Trinajstić information content (AvgIpc) is 3.08. The minimum absolute atomic E-state index is 0.204. The van der Waals surface area contributed by atoms with Crippen molar-refractivity contribution in [1.82, 2.24) is 0 Å². The quantitative estimate of drug-likeness (QED) is 0.290. The fourth-order valence-corrected chi connectivity index (χ4v) is 4.17. The summed E-state index contributed by atoms with van der Waals surface area (Å²) in [5.41, 5.74) is 2.34. The number of Topliss-reactive ketones (excluding diaryl/α,β-unsaturated/α-hetero) is 2. The molecule has 0 amide bonds. The average molecular weight is 490 g/mol. The lowest BCUT2D eigenvalue weighted by molar-refractivity contribution is -0.116.